The molecule has 0 spiro atoms. The molecule has 0 saturated carbocycles. The summed E-state index contributed by atoms with van der Waals surface area (Å²) < 4.78 is 0. The molecule has 3 heteroatoms. The first-order valence-electron chi connectivity index (χ1n) is 4.87. The molecule has 0 aliphatic rings. The zero-order valence-corrected chi connectivity index (χ0v) is 10.2. The van der Waals surface area contributed by atoms with Crippen molar-refractivity contribution in [2.45, 2.75) is 51.5 Å². The molecule has 2 atom stereocenters. The fourth-order valence-corrected chi connectivity index (χ4v) is 1.68. The molecule has 0 bridgehead atoms. The van der Waals surface area contributed by atoms with E-state index < -0.39 is 0 Å². The molecule has 2 N–H and O–H groups in total. The number of aliphatic hydroxyl groups is 1. The van der Waals surface area contributed by atoms with Gasteiger partial charge in [-0.1, -0.05) is 6.92 Å². The zero-order chi connectivity index (χ0) is 10.5. The van der Waals surface area contributed by atoms with Gasteiger partial charge in [-0.2, -0.15) is 11.8 Å². The fraction of sp³-hybridized carbons (Fsp3) is 1.00. The molecule has 0 aromatic heterocycles. The van der Waals surface area contributed by atoms with E-state index in [4.69, 9.17) is 0 Å². The first-order chi connectivity index (χ1) is 5.83. The van der Waals surface area contributed by atoms with E-state index >= 15 is 0 Å². The highest BCUT2D eigenvalue weighted by atomic mass is 32.2. The minimum absolute atomic E-state index is 0.203. The molecule has 0 amide bonds. The highest BCUT2D eigenvalue weighted by molar-refractivity contribution is 7.99. The molecular formula is C10H23NOS. The standard InChI is InChI=1S/C10H23NOS/c1-8(12)9(2)13-7-6-11-10(3,4)5/h8-9,11-12H,6-7H2,1-5H3. The molecule has 0 aliphatic carbocycles. The van der Waals surface area contributed by atoms with Crippen LogP contribution in [0.1, 0.15) is 34.6 Å². The van der Waals surface area contributed by atoms with Crippen molar-refractivity contribution in [3.63, 3.8) is 0 Å². The SMILES string of the molecule is CC(O)C(C)SCCNC(C)(C)C. The first-order valence-corrected chi connectivity index (χ1v) is 5.92. The van der Waals surface area contributed by atoms with Crippen molar-refractivity contribution in [1.82, 2.24) is 5.32 Å². The molecule has 0 rings (SSSR count). The summed E-state index contributed by atoms with van der Waals surface area (Å²) in [5.74, 6) is 1.06. The van der Waals surface area contributed by atoms with Gasteiger partial charge in [0.25, 0.3) is 0 Å². The fourth-order valence-electron chi connectivity index (χ4n) is 0.810. The molecule has 0 radical (unpaired) electrons. The molecule has 0 heterocycles. The zero-order valence-electron chi connectivity index (χ0n) is 9.42. The number of hydrogen-bond acceptors (Lipinski definition) is 3. The van der Waals surface area contributed by atoms with Gasteiger partial charge in [0.2, 0.25) is 0 Å². The van der Waals surface area contributed by atoms with Crippen molar-refractivity contribution >= 4 is 11.8 Å². The van der Waals surface area contributed by atoms with Crippen LogP contribution in [0.4, 0.5) is 0 Å². The van der Waals surface area contributed by atoms with Gasteiger partial charge in [0.15, 0.2) is 0 Å². The Kier molecular flexibility index (Phi) is 6.01. The van der Waals surface area contributed by atoms with E-state index in [2.05, 4.69) is 33.0 Å². The van der Waals surface area contributed by atoms with Gasteiger partial charge in [-0.15, -0.1) is 0 Å². The smallest absolute Gasteiger partial charge is 0.0627 e. The molecule has 0 aromatic rings. The second-order valence-electron chi connectivity index (χ2n) is 4.49. The van der Waals surface area contributed by atoms with Crippen molar-refractivity contribution < 1.29 is 5.11 Å². The highest BCUT2D eigenvalue weighted by Gasteiger charge is 2.10. The molecule has 2 unspecified atom stereocenters. The second-order valence-corrected chi connectivity index (χ2v) is 5.98. The number of aliphatic hydroxyl groups excluding tert-OH is 1. The van der Waals surface area contributed by atoms with Crippen molar-refractivity contribution in [2.24, 2.45) is 0 Å². The van der Waals surface area contributed by atoms with E-state index in [0.29, 0.717) is 5.25 Å². The lowest BCUT2D eigenvalue weighted by Crippen LogP contribution is -2.37. The lowest BCUT2D eigenvalue weighted by molar-refractivity contribution is 0.196. The van der Waals surface area contributed by atoms with Crippen LogP contribution < -0.4 is 5.32 Å². The Morgan fingerprint density at radius 2 is 1.85 bits per heavy atom. The van der Waals surface area contributed by atoms with Crippen LogP contribution in [0.15, 0.2) is 0 Å². The number of rotatable bonds is 5. The molecule has 0 fully saturated rings. The van der Waals surface area contributed by atoms with E-state index in [9.17, 15) is 5.11 Å². The average Bonchev–Trinajstić information content (AvgIpc) is 1.95. The number of thioether (sulfide) groups is 1. The van der Waals surface area contributed by atoms with Gasteiger partial charge in [0.05, 0.1) is 6.10 Å². The first kappa shape index (κ1) is 13.3. The van der Waals surface area contributed by atoms with Crippen molar-refractivity contribution in [1.29, 1.82) is 0 Å². The minimum Gasteiger partial charge on any atom is -0.392 e. The van der Waals surface area contributed by atoms with Crippen LogP contribution >= 0.6 is 11.8 Å². The Labute approximate surface area is 86.5 Å². The Morgan fingerprint density at radius 3 is 2.23 bits per heavy atom. The van der Waals surface area contributed by atoms with Gasteiger partial charge >= 0.3 is 0 Å². The summed E-state index contributed by atoms with van der Waals surface area (Å²) >= 11 is 1.81. The minimum atomic E-state index is -0.209. The van der Waals surface area contributed by atoms with Gasteiger partial charge in [-0.05, 0) is 27.7 Å². The summed E-state index contributed by atoms with van der Waals surface area (Å²) in [4.78, 5) is 0. The van der Waals surface area contributed by atoms with Crippen molar-refractivity contribution in [2.75, 3.05) is 12.3 Å². The Hall–Kier alpha value is 0.270. The molecular weight excluding hydrogens is 182 g/mol. The van der Waals surface area contributed by atoms with Gasteiger partial charge in [0, 0.05) is 23.1 Å². The molecule has 2 nitrogen and oxygen atoms in total. The maximum Gasteiger partial charge on any atom is 0.0627 e. The summed E-state index contributed by atoms with van der Waals surface area (Å²) in [6.07, 6.45) is -0.209. The third-order valence-corrected chi connectivity index (χ3v) is 3.18. The quantitative estimate of drug-likeness (QED) is 0.672. The maximum absolute atomic E-state index is 9.24. The summed E-state index contributed by atoms with van der Waals surface area (Å²) in [6, 6.07) is 0. The van der Waals surface area contributed by atoms with Gasteiger partial charge in [-0.3, -0.25) is 0 Å². The third kappa shape index (κ3) is 8.60. The molecule has 0 saturated heterocycles. The van der Waals surface area contributed by atoms with Crippen LogP contribution in [0.2, 0.25) is 0 Å². The lowest BCUT2D eigenvalue weighted by Gasteiger charge is -2.21. The van der Waals surface area contributed by atoms with Crippen molar-refractivity contribution in [3.8, 4) is 0 Å². The molecule has 13 heavy (non-hydrogen) atoms. The van der Waals surface area contributed by atoms with Crippen molar-refractivity contribution in [3.05, 3.63) is 0 Å². The largest absolute Gasteiger partial charge is 0.392 e. The number of hydrogen-bond donors (Lipinski definition) is 2. The molecule has 0 aromatic carbocycles. The normalized spacial score (nSPS) is 17.1. The van der Waals surface area contributed by atoms with Crippen LogP contribution in [0.3, 0.4) is 0 Å². The van der Waals surface area contributed by atoms with Gasteiger partial charge < -0.3 is 10.4 Å². The van der Waals surface area contributed by atoms with E-state index in [1.165, 1.54) is 0 Å². The summed E-state index contributed by atoms with van der Waals surface area (Å²) in [6.45, 7) is 11.4. The molecule has 0 aliphatic heterocycles. The second kappa shape index (κ2) is 5.89. The van der Waals surface area contributed by atoms with Crippen LogP contribution in [-0.4, -0.2) is 34.3 Å². The monoisotopic (exact) mass is 205 g/mol. The van der Waals surface area contributed by atoms with Gasteiger partial charge in [0.1, 0.15) is 0 Å². The number of nitrogens with one attached hydrogen (secondary N) is 1. The Balaban J connectivity index is 3.36. The van der Waals surface area contributed by atoms with Crippen LogP contribution in [0.25, 0.3) is 0 Å². The van der Waals surface area contributed by atoms with Crippen LogP contribution in [-0.2, 0) is 0 Å². The van der Waals surface area contributed by atoms with E-state index in [1.54, 1.807) is 0 Å². The predicted octanol–water partition coefficient (Wildman–Crippen LogP) is 1.88. The Morgan fingerprint density at radius 1 is 1.31 bits per heavy atom. The Bertz CT molecular complexity index is 131. The van der Waals surface area contributed by atoms with Gasteiger partial charge in [-0.25, -0.2) is 0 Å². The van der Waals surface area contributed by atoms with Crippen LogP contribution in [0, 0.1) is 0 Å². The lowest BCUT2D eigenvalue weighted by atomic mass is 10.1. The van der Waals surface area contributed by atoms with Crippen LogP contribution in [0.5, 0.6) is 0 Å². The topological polar surface area (TPSA) is 32.3 Å². The highest BCUT2D eigenvalue weighted by Crippen LogP contribution is 2.13. The maximum atomic E-state index is 9.24. The van der Waals surface area contributed by atoms with E-state index in [0.717, 1.165) is 12.3 Å². The average molecular weight is 205 g/mol. The third-order valence-electron chi connectivity index (χ3n) is 1.82. The predicted molar refractivity (Wildman–Crippen MR) is 61.4 cm³/mol. The van der Waals surface area contributed by atoms with E-state index in [1.807, 2.05) is 18.7 Å². The van der Waals surface area contributed by atoms with E-state index in [-0.39, 0.29) is 11.6 Å². The summed E-state index contributed by atoms with van der Waals surface area (Å²) in [7, 11) is 0. The summed E-state index contributed by atoms with van der Waals surface area (Å²) in [5.41, 5.74) is 0.203. The summed E-state index contributed by atoms with van der Waals surface area (Å²) in [5, 5.41) is 13.0. The molecule has 80 valence electrons.